The molecule has 4 heteroatoms. The number of H-pyrrole nitrogens is 1. The van der Waals surface area contributed by atoms with E-state index in [1.54, 1.807) is 0 Å². The average molecular weight is 263 g/mol. The maximum absolute atomic E-state index is 12.3. The normalized spacial score (nSPS) is 23.3. The van der Waals surface area contributed by atoms with E-state index in [0.29, 0.717) is 6.04 Å². The minimum absolute atomic E-state index is 0.0303. The van der Waals surface area contributed by atoms with Gasteiger partial charge in [0.2, 0.25) is 0 Å². The van der Waals surface area contributed by atoms with Crippen molar-refractivity contribution in [3.05, 3.63) is 17.0 Å². The number of aromatic nitrogens is 2. The van der Waals surface area contributed by atoms with Gasteiger partial charge in [-0.05, 0) is 45.4 Å². The summed E-state index contributed by atoms with van der Waals surface area (Å²) in [6.07, 6.45) is 7.35. The molecule has 1 amide bonds. The first-order valence-corrected chi connectivity index (χ1v) is 7.44. The van der Waals surface area contributed by atoms with Crippen LogP contribution >= 0.6 is 0 Å². The van der Waals surface area contributed by atoms with Crippen molar-refractivity contribution in [1.29, 1.82) is 0 Å². The summed E-state index contributed by atoms with van der Waals surface area (Å²) in [6, 6.07) is 0.342. The van der Waals surface area contributed by atoms with E-state index in [2.05, 4.69) is 22.4 Å². The van der Waals surface area contributed by atoms with E-state index < -0.39 is 0 Å². The molecule has 0 spiro atoms. The molecule has 0 aliphatic heterocycles. The van der Waals surface area contributed by atoms with E-state index >= 15 is 0 Å². The fourth-order valence-corrected chi connectivity index (χ4v) is 3.15. The number of aromatic amines is 1. The average Bonchev–Trinajstić information content (AvgIpc) is 2.72. The molecule has 1 aromatic heterocycles. The first-order chi connectivity index (χ1) is 9.11. The van der Waals surface area contributed by atoms with Crippen molar-refractivity contribution < 1.29 is 4.79 Å². The van der Waals surface area contributed by atoms with Gasteiger partial charge in [0, 0.05) is 11.7 Å². The molecule has 2 N–H and O–H groups in total. The number of nitrogens with zero attached hydrogens (tertiary/aromatic N) is 1. The summed E-state index contributed by atoms with van der Waals surface area (Å²) in [5.41, 5.74) is 2.36. The summed E-state index contributed by atoms with van der Waals surface area (Å²) in [5.74, 6) is 0.901. The fourth-order valence-electron chi connectivity index (χ4n) is 3.15. The standard InChI is InChI=1S/C15H25N3O/c1-4-5-12-6-8-13(9-7-12)16-15(19)14-10(2)17-18-11(14)3/h12-13H,4-9H2,1-3H3,(H,16,19)(H,17,18). The summed E-state index contributed by atoms with van der Waals surface area (Å²) in [4.78, 5) is 12.3. The molecule has 0 radical (unpaired) electrons. The van der Waals surface area contributed by atoms with Crippen LogP contribution in [-0.4, -0.2) is 22.1 Å². The Morgan fingerprint density at radius 3 is 2.53 bits per heavy atom. The van der Waals surface area contributed by atoms with E-state index in [-0.39, 0.29) is 5.91 Å². The molecule has 106 valence electrons. The van der Waals surface area contributed by atoms with E-state index in [1.807, 2.05) is 13.8 Å². The summed E-state index contributed by atoms with van der Waals surface area (Å²) < 4.78 is 0. The van der Waals surface area contributed by atoms with Crippen LogP contribution in [0.15, 0.2) is 0 Å². The minimum atomic E-state index is 0.0303. The Labute approximate surface area is 115 Å². The fraction of sp³-hybridized carbons (Fsp3) is 0.733. The van der Waals surface area contributed by atoms with Gasteiger partial charge in [-0.1, -0.05) is 19.8 Å². The van der Waals surface area contributed by atoms with Crippen LogP contribution in [-0.2, 0) is 0 Å². The highest BCUT2D eigenvalue weighted by atomic mass is 16.1. The molecule has 1 heterocycles. The van der Waals surface area contributed by atoms with Crippen LogP contribution in [0.3, 0.4) is 0 Å². The van der Waals surface area contributed by atoms with Gasteiger partial charge in [0.1, 0.15) is 0 Å². The third kappa shape index (κ3) is 3.37. The lowest BCUT2D eigenvalue weighted by atomic mass is 9.83. The molecular weight excluding hydrogens is 238 g/mol. The summed E-state index contributed by atoms with van der Waals surface area (Å²) in [6.45, 7) is 6.02. The maximum Gasteiger partial charge on any atom is 0.255 e. The zero-order valence-corrected chi connectivity index (χ0v) is 12.3. The second-order valence-electron chi connectivity index (χ2n) is 5.79. The monoisotopic (exact) mass is 263 g/mol. The van der Waals surface area contributed by atoms with Crippen LogP contribution in [0, 0.1) is 19.8 Å². The Morgan fingerprint density at radius 2 is 2.00 bits per heavy atom. The molecular formula is C15H25N3O. The predicted molar refractivity (Wildman–Crippen MR) is 76.2 cm³/mol. The van der Waals surface area contributed by atoms with Gasteiger partial charge in [0.15, 0.2) is 0 Å². The van der Waals surface area contributed by atoms with Gasteiger partial charge < -0.3 is 5.32 Å². The Morgan fingerprint density at radius 1 is 1.32 bits per heavy atom. The lowest BCUT2D eigenvalue weighted by molar-refractivity contribution is 0.0920. The molecule has 0 atom stereocenters. The highest BCUT2D eigenvalue weighted by Gasteiger charge is 2.24. The summed E-state index contributed by atoms with van der Waals surface area (Å²) in [7, 11) is 0. The Balaban J connectivity index is 1.88. The lowest BCUT2D eigenvalue weighted by Crippen LogP contribution is -2.38. The van der Waals surface area contributed by atoms with Gasteiger partial charge in [-0.3, -0.25) is 9.89 Å². The molecule has 1 aliphatic carbocycles. The number of amides is 1. The molecule has 1 saturated carbocycles. The van der Waals surface area contributed by atoms with Crippen molar-refractivity contribution >= 4 is 5.91 Å². The van der Waals surface area contributed by atoms with Crippen molar-refractivity contribution in [1.82, 2.24) is 15.5 Å². The summed E-state index contributed by atoms with van der Waals surface area (Å²) >= 11 is 0. The van der Waals surface area contributed by atoms with Crippen LogP contribution < -0.4 is 5.32 Å². The molecule has 0 saturated heterocycles. The molecule has 0 unspecified atom stereocenters. The minimum Gasteiger partial charge on any atom is -0.349 e. The van der Waals surface area contributed by atoms with E-state index in [4.69, 9.17) is 0 Å². The van der Waals surface area contributed by atoms with E-state index in [0.717, 1.165) is 35.7 Å². The van der Waals surface area contributed by atoms with Crippen molar-refractivity contribution in [2.75, 3.05) is 0 Å². The number of carbonyl (C=O) groups is 1. The molecule has 1 aromatic rings. The highest BCUT2D eigenvalue weighted by Crippen LogP contribution is 2.28. The van der Waals surface area contributed by atoms with Gasteiger partial charge in [-0.2, -0.15) is 5.10 Å². The topological polar surface area (TPSA) is 57.8 Å². The van der Waals surface area contributed by atoms with Crippen molar-refractivity contribution in [2.45, 2.75) is 65.3 Å². The molecule has 4 nitrogen and oxygen atoms in total. The van der Waals surface area contributed by atoms with E-state index in [9.17, 15) is 4.79 Å². The second-order valence-corrected chi connectivity index (χ2v) is 5.79. The van der Waals surface area contributed by atoms with Gasteiger partial charge in [0.05, 0.1) is 11.3 Å². The first kappa shape index (κ1) is 14.1. The Bertz CT molecular complexity index is 411. The molecule has 19 heavy (non-hydrogen) atoms. The molecule has 0 aromatic carbocycles. The van der Waals surface area contributed by atoms with E-state index in [1.165, 1.54) is 25.7 Å². The van der Waals surface area contributed by atoms with Crippen LogP contribution in [0.4, 0.5) is 0 Å². The van der Waals surface area contributed by atoms with Gasteiger partial charge in [-0.25, -0.2) is 0 Å². The zero-order valence-electron chi connectivity index (χ0n) is 12.3. The van der Waals surface area contributed by atoms with Crippen LogP contribution in [0.5, 0.6) is 0 Å². The van der Waals surface area contributed by atoms with Gasteiger partial charge in [-0.15, -0.1) is 0 Å². The number of rotatable bonds is 4. The SMILES string of the molecule is CCCC1CCC(NC(=O)c2c(C)n[nH]c2C)CC1. The van der Waals surface area contributed by atoms with Crippen LogP contribution in [0.25, 0.3) is 0 Å². The van der Waals surface area contributed by atoms with Gasteiger partial charge >= 0.3 is 0 Å². The third-order valence-corrected chi connectivity index (χ3v) is 4.23. The Hall–Kier alpha value is -1.32. The first-order valence-electron chi connectivity index (χ1n) is 7.44. The quantitative estimate of drug-likeness (QED) is 0.877. The molecule has 1 aliphatic rings. The molecule has 2 rings (SSSR count). The van der Waals surface area contributed by atoms with Crippen LogP contribution in [0.1, 0.15) is 67.2 Å². The number of hydrogen-bond acceptors (Lipinski definition) is 2. The predicted octanol–water partition coefficient (Wildman–Crippen LogP) is 3.12. The third-order valence-electron chi connectivity index (χ3n) is 4.23. The maximum atomic E-state index is 12.3. The number of aryl methyl sites for hydroxylation is 2. The zero-order chi connectivity index (χ0) is 13.8. The second kappa shape index (κ2) is 6.22. The van der Waals surface area contributed by atoms with Gasteiger partial charge in [0.25, 0.3) is 5.91 Å². The smallest absolute Gasteiger partial charge is 0.255 e. The van der Waals surface area contributed by atoms with Crippen molar-refractivity contribution in [3.63, 3.8) is 0 Å². The highest BCUT2D eigenvalue weighted by molar-refractivity contribution is 5.96. The Kier molecular flexibility index (Phi) is 4.61. The molecule has 0 bridgehead atoms. The summed E-state index contributed by atoms with van der Waals surface area (Å²) in [5, 5.41) is 10.1. The lowest BCUT2D eigenvalue weighted by Gasteiger charge is -2.29. The number of hydrogen-bond donors (Lipinski definition) is 2. The van der Waals surface area contributed by atoms with Crippen molar-refractivity contribution in [2.24, 2.45) is 5.92 Å². The van der Waals surface area contributed by atoms with Crippen molar-refractivity contribution in [3.8, 4) is 0 Å². The number of nitrogens with one attached hydrogen (secondary N) is 2. The van der Waals surface area contributed by atoms with Crippen LogP contribution in [0.2, 0.25) is 0 Å². The largest absolute Gasteiger partial charge is 0.349 e. The number of carbonyl (C=O) groups excluding carboxylic acids is 1. The molecule has 1 fully saturated rings.